The Labute approximate surface area is 90.6 Å². The van der Waals surface area contributed by atoms with E-state index in [1.807, 2.05) is 12.3 Å². The first-order valence-corrected chi connectivity index (χ1v) is 5.69. The minimum atomic E-state index is 0.449. The molecule has 0 amide bonds. The summed E-state index contributed by atoms with van der Waals surface area (Å²) in [4.78, 5) is 0. The summed E-state index contributed by atoms with van der Waals surface area (Å²) in [6.07, 6.45) is 4.04. The first kappa shape index (κ1) is 10.5. The van der Waals surface area contributed by atoms with E-state index in [1.54, 1.807) is 0 Å². The Balaban J connectivity index is 2.03. The van der Waals surface area contributed by atoms with Crippen molar-refractivity contribution in [3.8, 4) is 0 Å². The van der Waals surface area contributed by atoms with Crippen LogP contribution in [0.1, 0.15) is 32.7 Å². The summed E-state index contributed by atoms with van der Waals surface area (Å²) in [6.45, 7) is 6.04. The average molecular weight is 209 g/mol. The summed E-state index contributed by atoms with van der Waals surface area (Å²) in [6, 6.07) is 2.93. The van der Waals surface area contributed by atoms with Crippen molar-refractivity contribution in [3.05, 3.63) is 12.3 Å². The molecule has 4 nitrogen and oxygen atoms in total. The van der Waals surface area contributed by atoms with E-state index >= 15 is 0 Å². The molecule has 15 heavy (non-hydrogen) atoms. The van der Waals surface area contributed by atoms with Crippen molar-refractivity contribution in [3.63, 3.8) is 0 Å². The first-order chi connectivity index (χ1) is 7.31. The Morgan fingerprint density at radius 1 is 1.73 bits per heavy atom. The minimum absolute atomic E-state index is 0.449. The lowest BCUT2D eigenvalue weighted by Crippen LogP contribution is -2.22. The highest BCUT2D eigenvalue weighted by atomic mass is 16.5. The van der Waals surface area contributed by atoms with Gasteiger partial charge in [0.15, 0.2) is 0 Å². The van der Waals surface area contributed by atoms with E-state index in [-0.39, 0.29) is 0 Å². The van der Waals surface area contributed by atoms with Crippen molar-refractivity contribution in [2.45, 2.75) is 38.8 Å². The lowest BCUT2D eigenvalue weighted by Gasteiger charge is -2.17. The predicted molar refractivity (Wildman–Crippen MR) is 60.1 cm³/mol. The van der Waals surface area contributed by atoms with Gasteiger partial charge in [0.2, 0.25) is 0 Å². The number of anilines is 1. The summed E-state index contributed by atoms with van der Waals surface area (Å²) in [5.74, 6) is 1.11. The molecule has 4 heteroatoms. The van der Waals surface area contributed by atoms with Crippen LogP contribution in [0.5, 0.6) is 0 Å². The normalized spacial score (nSPS) is 22.9. The predicted octanol–water partition coefficient (Wildman–Crippen LogP) is 2.05. The molecule has 1 aromatic heterocycles. The van der Waals surface area contributed by atoms with Gasteiger partial charge in [0, 0.05) is 12.7 Å². The molecule has 2 atom stereocenters. The second-order valence-corrected chi connectivity index (χ2v) is 4.12. The van der Waals surface area contributed by atoms with E-state index < -0.39 is 0 Å². The third-order valence-electron chi connectivity index (χ3n) is 2.96. The summed E-state index contributed by atoms with van der Waals surface area (Å²) in [7, 11) is 0. The SMILES string of the molecule is CCC(C)n1nccc1NC1CCOC1. The van der Waals surface area contributed by atoms with Crippen molar-refractivity contribution in [1.29, 1.82) is 0 Å². The van der Waals surface area contributed by atoms with Crippen LogP contribution in [0, 0.1) is 0 Å². The van der Waals surface area contributed by atoms with Crippen LogP contribution in [0.3, 0.4) is 0 Å². The van der Waals surface area contributed by atoms with Gasteiger partial charge in [-0.1, -0.05) is 6.92 Å². The van der Waals surface area contributed by atoms with E-state index in [4.69, 9.17) is 4.74 Å². The quantitative estimate of drug-likeness (QED) is 0.825. The number of ether oxygens (including phenoxy) is 1. The molecule has 2 heterocycles. The zero-order valence-electron chi connectivity index (χ0n) is 9.44. The van der Waals surface area contributed by atoms with Crippen LogP contribution in [0.2, 0.25) is 0 Å². The molecule has 1 aliphatic heterocycles. The molecule has 0 aliphatic carbocycles. The summed E-state index contributed by atoms with van der Waals surface area (Å²) in [5.41, 5.74) is 0. The number of nitrogens with one attached hydrogen (secondary N) is 1. The van der Waals surface area contributed by atoms with E-state index in [1.165, 1.54) is 0 Å². The molecule has 2 unspecified atom stereocenters. The standard InChI is InChI=1S/C11H19N3O/c1-3-9(2)14-11(4-6-12-14)13-10-5-7-15-8-10/h4,6,9-10,13H,3,5,7-8H2,1-2H3. The Kier molecular flexibility index (Phi) is 3.26. The number of hydrogen-bond donors (Lipinski definition) is 1. The molecule has 84 valence electrons. The maximum atomic E-state index is 5.34. The van der Waals surface area contributed by atoms with Crippen LogP contribution in [0.25, 0.3) is 0 Å². The number of rotatable bonds is 4. The highest BCUT2D eigenvalue weighted by Gasteiger charge is 2.17. The van der Waals surface area contributed by atoms with E-state index in [0.717, 1.165) is 31.9 Å². The van der Waals surface area contributed by atoms with Gasteiger partial charge in [-0.05, 0) is 19.8 Å². The summed E-state index contributed by atoms with van der Waals surface area (Å²) < 4.78 is 7.39. The Morgan fingerprint density at radius 3 is 3.27 bits per heavy atom. The van der Waals surface area contributed by atoms with Crippen molar-refractivity contribution in [1.82, 2.24) is 9.78 Å². The topological polar surface area (TPSA) is 39.1 Å². The third-order valence-corrected chi connectivity index (χ3v) is 2.96. The smallest absolute Gasteiger partial charge is 0.124 e. The maximum Gasteiger partial charge on any atom is 0.124 e. The maximum absolute atomic E-state index is 5.34. The molecule has 0 spiro atoms. The first-order valence-electron chi connectivity index (χ1n) is 5.69. The molecular formula is C11H19N3O. The molecule has 0 bridgehead atoms. The summed E-state index contributed by atoms with van der Waals surface area (Å²) in [5, 5.41) is 7.82. The van der Waals surface area contributed by atoms with Gasteiger partial charge < -0.3 is 10.1 Å². The zero-order chi connectivity index (χ0) is 10.7. The average Bonchev–Trinajstić information content (AvgIpc) is 2.88. The highest BCUT2D eigenvalue weighted by Crippen LogP contribution is 2.19. The fourth-order valence-electron chi connectivity index (χ4n) is 1.81. The van der Waals surface area contributed by atoms with Crippen molar-refractivity contribution < 1.29 is 4.74 Å². The monoisotopic (exact) mass is 209 g/mol. The lowest BCUT2D eigenvalue weighted by atomic mass is 10.2. The van der Waals surface area contributed by atoms with Crippen molar-refractivity contribution >= 4 is 5.82 Å². The van der Waals surface area contributed by atoms with E-state index in [0.29, 0.717) is 12.1 Å². The van der Waals surface area contributed by atoms with Gasteiger partial charge in [-0.15, -0.1) is 0 Å². The van der Waals surface area contributed by atoms with Gasteiger partial charge in [0.1, 0.15) is 5.82 Å². The fourth-order valence-corrected chi connectivity index (χ4v) is 1.81. The van der Waals surface area contributed by atoms with Crippen LogP contribution in [-0.2, 0) is 4.74 Å². The number of aromatic nitrogens is 2. The fraction of sp³-hybridized carbons (Fsp3) is 0.727. The van der Waals surface area contributed by atoms with Crippen LogP contribution in [0.15, 0.2) is 12.3 Å². The van der Waals surface area contributed by atoms with Crippen molar-refractivity contribution in [2.75, 3.05) is 18.5 Å². The zero-order valence-corrected chi connectivity index (χ0v) is 9.44. The van der Waals surface area contributed by atoms with Crippen LogP contribution in [0.4, 0.5) is 5.82 Å². The van der Waals surface area contributed by atoms with Crippen LogP contribution >= 0.6 is 0 Å². The molecule has 0 saturated carbocycles. The van der Waals surface area contributed by atoms with Gasteiger partial charge in [-0.25, -0.2) is 4.68 Å². The van der Waals surface area contributed by atoms with Gasteiger partial charge in [0.05, 0.1) is 24.9 Å². The molecule has 0 aromatic carbocycles. The molecular weight excluding hydrogens is 190 g/mol. The molecule has 2 rings (SSSR count). The Hall–Kier alpha value is -1.03. The largest absolute Gasteiger partial charge is 0.379 e. The van der Waals surface area contributed by atoms with Crippen LogP contribution < -0.4 is 5.32 Å². The minimum Gasteiger partial charge on any atom is -0.379 e. The molecule has 1 N–H and O–H groups in total. The highest BCUT2D eigenvalue weighted by molar-refractivity contribution is 5.35. The summed E-state index contributed by atoms with van der Waals surface area (Å²) >= 11 is 0. The van der Waals surface area contributed by atoms with E-state index in [9.17, 15) is 0 Å². The number of hydrogen-bond acceptors (Lipinski definition) is 3. The van der Waals surface area contributed by atoms with Gasteiger partial charge in [-0.2, -0.15) is 5.10 Å². The molecule has 0 radical (unpaired) electrons. The molecule has 1 aliphatic rings. The van der Waals surface area contributed by atoms with Gasteiger partial charge in [0.25, 0.3) is 0 Å². The van der Waals surface area contributed by atoms with Crippen LogP contribution in [-0.4, -0.2) is 29.0 Å². The second-order valence-electron chi connectivity index (χ2n) is 4.12. The second kappa shape index (κ2) is 4.66. The Bertz CT molecular complexity index is 305. The third kappa shape index (κ3) is 2.31. The van der Waals surface area contributed by atoms with Gasteiger partial charge >= 0.3 is 0 Å². The lowest BCUT2D eigenvalue weighted by molar-refractivity contribution is 0.195. The van der Waals surface area contributed by atoms with Gasteiger partial charge in [-0.3, -0.25) is 0 Å². The molecule has 1 aromatic rings. The Morgan fingerprint density at radius 2 is 2.60 bits per heavy atom. The van der Waals surface area contributed by atoms with Crippen molar-refractivity contribution in [2.24, 2.45) is 0 Å². The van der Waals surface area contributed by atoms with E-state index in [2.05, 4.69) is 28.9 Å². The molecule has 1 saturated heterocycles. The molecule has 1 fully saturated rings. The number of nitrogens with zero attached hydrogens (tertiary/aromatic N) is 2.